The number of benzene rings is 1. The Kier molecular flexibility index (Phi) is 7.94. The van der Waals surface area contributed by atoms with Crippen LogP contribution in [0.4, 0.5) is 0 Å². The SMILES string of the molecule is CCCCOC(=O)[C@@H](Cc1ccc(O)c(O)c1)OC(=O)CCC. The van der Waals surface area contributed by atoms with Gasteiger partial charge in [-0.2, -0.15) is 0 Å². The number of aromatic hydroxyl groups is 2. The van der Waals surface area contributed by atoms with Gasteiger partial charge in [0.05, 0.1) is 6.61 Å². The van der Waals surface area contributed by atoms with Gasteiger partial charge < -0.3 is 19.7 Å². The molecule has 0 aliphatic rings. The quantitative estimate of drug-likeness (QED) is 0.412. The van der Waals surface area contributed by atoms with Crippen molar-refractivity contribution in [3.63, 3.8) is 0 Å². The molecule has 6 nitrogen and oxygen atoms in total. The van der Waals surface area contributed by atoms with E-state index < -0.39 is 18.0 Å². The number of phenols is 2. The Hall–Kier alpha value is -2.24. The third kappa shape index (κ3) is 6.59. The molecule has 0 aliphatic heterocycles. The van der Waals surface area contributed by atoms with Crippen molar-refractivity contribution in [3.05, 3.63) is 23.8 Å². The van der Waals surface area contributed by atoms with E-state index in [1.54, 1.807) is 6.07 Å². The van der Waals surface area contributed by atoms with Gasteiger partial charge in [0.2, 0.25) is 6.10 Å². The zero-order valence-electron chi connectivity index (χ0n) is 13.6. The fourth-order valence-electron chi connectivity index (χ4n) is 1.91. The number of unbranched alkanes of at least 4 members (excludes halogenated alkanes) is 1. The smallest absolute Gasteiger partial charge is 0.347 e. The first kappa shape index (κ1) is 18.8. The largest absolute Gasteiger partial charge is 0.504 e. The summed E-state index contributed by atoms with van der Waals surface area (Å²) in [4.78, 5) is 23.8. The van der Waals surface area contributed by atoms with E-state index >= 15 is 0 Å². The molecule has 2 N–H and O–H groups in total. The Morgan fingerprint density at radius 3 is 2.48 bits per heavy atom. The van der Waals surface area contributed by atoms with E-state index in [0.717, 1.165) is 12.8 Å². The Bertz CT molecular complexity index is 526. The number of phenolic OH excluding ortho intramolecular Hbond substituents is 2. The van der Waals surface area contributed by atoms with Crippen LogP contribution in [0.1, 0.15) is 45.1 Å². The maximum atomic E-state index is 12.1. The molecular weight excluding hydrogens is 300 g/mol. The van der Waals surface area contributed by atoms with Crippen LogP contribution in [0.25, 0.3) is 0 Å². The highest BCUT2D eigenvalue weighted by Gasteiger charge is 2.25. The van der Waals surface area contributed by atoms with Crippen molar-refractivity contribution >= 4 is 11.9 Å². The van der Waals surface area contributed by atoms with E-state index in [4.69, 9.17) is 9.47 Å². The van der Waals surface area contributed by atoms with Crippen molar-refractivity contribution in [2.24, 2.45) is 0 Å². The normalized spacial score (nSPS) is 11.7. The molecule has 0 fully saturated rings. The van der Waals surface area contributed by atoms with Gasteiger partial charge in [0.15, 0.2) is 11.5 Å². The Labute approximate surface area is 136 Å². The molecule has 0 heterocycles. The maximum Gasteiger partial charge on any atom is 0.347 e. The lowest BCUT2D eigenvalue weighted by Gasteiger charge is -2.17. The number of hydrogen-bond acceptors (Lipinski definition) is 6. The molecule has 0 aromatic heterocycles. The van der Waals surface area contributed by atoms with Crippen molar-refractivity contribution in [2.75, 3.05) is 6.61 Å². The third-order valence-electron chi connectivity index (χ3n) is 3.19. The summed E-state index contributed by atoms with van der Waals surface area (Å²) >= 11 is 0. The molecule has 1 rings (SSSR count). The number of rotatable bonds is 9. The fourth-order valence-corrected chi connectivity index (χ4v) is 1.91. The number of esters is 2. The molecule has 128 valence electrons. The second kappa shape index (κ2) is 9.71. The lowest BCUT2D eigenvalue weighted by atomic mass is 10.1. The minimum Gasteiger partial charge on any atom is -0.504 e. The van der Waals surface area contributed by atoms with Crippen molar-refractivity contribution in [3.8, 4) is 11.5 Å². The Morgan fingerprint density at radius 1 is 1.13 bits per heavy atom. The molecule has 0 unspecified atom stereocenters. The van der Waals surface area contributed by atoms with Crippen LogP contribution in [0.15, 0.2) is 18.2 Å². The molecule has 0 spiro atoms. The molecule has 0 radical (unpaired) electrons. The molecule has 0 amide bonds. The summed E-state index contributed by atoms with van der Waals surface area (Å²) in [6.07, 6.45) is 1.49. The first-order chi connectivity index (χ1) is 11.0. The van der Waals surface area contributed by atoms with Crippen LogP contribution in [0.5, 0.6) is 11.5 Å². The molecule has 6 heteroatoms. The fraction of sp³-hybridized carbons (Fsp3) is 0.529. The molecule has 0 saturated carbocycles. The van der Waals surface area contributed by atoms with Crippen LogP contribution in [-0.4, -0.2) is 34.9 Å². The third-order valence-corrected chi connectivity index (χ3v) is 3.19. The van der Waals surface area contributed by atoms with E-state index in [1.165, 1.54) is 12.1 Å². The Morgan fingerprint density at radius 2 is 1.87 bits per heavy atom. The van der Waals surface area contributed by atoms with Gasteiger partial charge in [0.1, 0.15) is 0 Å². The molecule has 0 aliphatic carbocycles. The lowest BCUT2D eigenvalue weighted by Crippen LogP contribution is -2.31. The van der Waals surface area contributed by atoms with Crippen LogP contribution in [0.3, 0.4) is 0 Å². The van der Waals surface area contributed by atoms with Gasteiger partial charge in [-0.25, -0.2) is 4.79 Å². The maximum absolute atomic E-state index is 12.1. The summed E-state index contributed by atoms with van der Waals surface area (Å²) in [5.74, 6) is -1.61. The standard InChI is InChI=1S/C17H24O6/c1-3-5-9-22-17(21)15(23-16(20)6-4-2)11-12-7-8-13(18)14(19)10-12/h7-8,10,15,18-19H,3-6,9,11H2,1-2H3/t15-/m1/s1. The first-order valence-electron chi connectivity index (χ1n) is 7.84. The second-order valence-electron chi connectivity index (χ2n) is 5.28. The summed E-state index contributed by atoms with van der Waals surface area (Å²) in [6.45, 7) is 4.09. The number of carbonyl (C=O) groups excluding carboxylic acids is 2. The van der Waals surface area contributed by atoms with Crippen LogP contribution >= 0.6 is 0 Å². The Balaban J connectivity index is 2.78. The molecule has 1 atom stereocenters. The monoisotopic (exact) mass is 324 g/mol. The van der Waals surface area contributed by atoms with E-state index in [-0.39, 0.29) is 30.9 Å². The van der Waals surface area contributed by atoms with Gasteiger partial charge >= 0.3 is 11.9 Å². The van der Waals surface area contributed by atoms with Gasteiger partial charge in [-0.3, -0.25) is 4.79 Å². The van der Waals surface area contributed by atoms with Crippen molar-refractivity contribution in [2.45, 2.75) is 52.1 Å². The van der Waals surface area contributed by atoms with Gasteiger partial charge in [-0.1, -0.05) is 26.3 Å². The highest BCUT2D eigenvalue weighted by molar-refractivity contribution is 5.79. The minimum atomic E-state index is -1.06. The lowest BCUT2D eigenvalue weighted by molar-refractivity contribution is -0.168. The summed E-state index contributed by atoms with van der Waals surface area (Å²) in [5, 5.41) is 18.8. The molecule has 1 aromatic carbocycles. The number of ether oxygens (including phenoxy) is 2. The van der Waals surface area contributed by atoms with Crippen LogP contribution in [0, 0.1) is 0 Å². The van der Waals surface area contributed by atoms with Crippen molar-refractivity contribution < 1.29 is 29.3 Å². The average Bonchev–Trinajstić information content (AvgIpc) is 2.50. The summed E-state index contributed by atoms with van der Waals surface area (Å²) in [5.41, 5.74) is 0.557. The number of hydrogen-bond donors (Lipinski definition) is 2. The predicted octanol–water partition coefficient (Wildman–Crippen LogP) is 2.70. The summed E-state index contributed by atoms with van der Waals surface area (Å²) < 4.78 is 10.3. The van der Waals surface area contributed by atoms with Crippen molar-refractivity contribution in [1.29, 1.82) is 0 Å². The minimum absolute atomic E-state index is 0.0776. The zero-order valence-corrected chi connectivity index (χ0v) is 13.6. The average molecular weight is 324 g/mol. The highest BCUT2D eigenvalue weighted by Crippen LogP contribution is 2.25. The van der Waals surface area contributed by atoms with E-state index in [1.807, 2.05) is 13.8 Å². The summed E-state index contributed by atoms with van der Waals surface area (Å²) in [6, 6.07) is 4.20. The topological polar surface area (TPSA) is 93.1 Å². The van der Waals surface area contributed by atoms with E-state index in [9.17, 15) is 19.8 Å². The summed E-state index contributed by atoms with van der Waals surface area (Å²) in [7, 11) is 0. The van der Waals surface area contributed by atoms with Gasteiger partial charge in [0.25, 0.3) is 0 Å². The predicted molar refractivity (Wildman–Crippen MR) is 84.1 cm³/mol. The van der Waals surface area contributed by atoms with E-state index in [0.29, 0.717) is 12.0 Å². The molecular formula is C17H24O6. The molecule has 23 heavy (non-hydrogen) atoms. The van der Waals surface area contributed by atoms with Crippen LogP contribution in [-0.2, 0) is 25.5 Å². The number of carbonyl (C=O) groups is 2. The van der Waals surface area contributed by atoms with Crippen LogP contribution < -0.4 is 0 Å². The van der Waals surface area contributed by atoms with Gasteiger partial charge in [-0.15, -0.1) is 0 Å². The highest BCUT2D eigenvalue weighted by atomic mass is 16.6. The van der Waals surface area contributed by atoms with Gasteiger partial charge in [-0.05, 0) is 30.5 Å². The zero-order chi connectivity index (χ0) is 17.2. The van der Waals surface area contributed by atoms with Crippen LogP contribution in [0.2, 0.25) is 0 Å². The second-order valence-corrected chi connectivity index (χ2v) is 5.28. The molecule has 0 saturated heterocycles. The molecule has 0 bridgehead atoms. The van der Waals surface area contributed by atoms with E-state index in [2.05, 4.69) is 0 Å². The van der Waals surface area contributed by atoms with Gasteiger partial charge in [0, 0.05) is 12.8 Å². The van der Waals surface area contributed by atoms with Crippen molar-refractivity contribution in [1.82, 2.24) is 0 Å². The molecule has 1 aromatic rings. The first-order valence-corrected chi connectivity index (χ1v) is 7.84.